The Balaban J connectivity index is 1.92. The van der Waals surface area contributed by atoms with Crippen molar-refractivity contribution in [1.82, 2.24) is 0 Å². The highest BCUT2D eigenvalue weighted by atomic mass is 35.5. The maximum Gasteiger partial charge on any atom is 0.263 e. The van der Waals surface area contributed by atoms with Crippen LogP contribution >= 0.6 is 23.2 Å². The van der Waals surface area contributed by atoms with Crippen molar-refractivity contribution in [2.24, 2.45) is 0 Å². The number of ether oxygens (including phenoxy) is 1. The molecule has 6 nitrogen and oxygen atoms in total. The molecule has 0 aliphatic carbocycles. The molecular weight excluding hydrogens is 459 g/mol. The van der Waals surface area contributed by atoms with Crippen LogP contribution in [-0.4, -0.2) is 21.4 Å². The van der Waals surface area contributed by atoms with Gasteiger partial charge in [0.1, 0.15) is 10.6 Å². The van der Waals surface area contributed by atoms with E-state index in [2.05, 4.69) is 10.0 Å². The third-order valence-corrected chi connectivity index (χ3v) is 6.60. The second kappa shape index (κ2) is 9.18. The second-order valence-corrected chi connectivity index (χ2v) is 9.36. The summed E-state index contributed by atoms with van der Waals surface area (Å²) in [5.41, 5.74) is 2.66. The number of amides is 1. The lowest BCUT2D eigenvalue weighted by Crippen LogP contribution is -2.17. The molecule has 162 valence electrons. The quantitative estimate of drug-likeness (QED) is 0.477. The minimum Gasteiger partial charge on any atom is -0.495 e. The van der Waals surface area contributed by atoms with Crippen LogP contribution in [0.25, 0.3) is 0 Å². The lowest BCUT2D eigenvalue weighted by Gasteiger charge is -2.14. The lowest BCUT2D eigenvalue weighted by molar-refractivity contribution is 0.102. The summed E-state index contributed by atoms with van der Waals surface area (Å²) in [5, 5.41) is 3.08. The first-order valence-electron chi connectivity index (χ1n) is 9.15. The number of anilines is 2. The molecule has 0 saturated heterocycles. The van der Waals surface area contributed by atoms with Crippen molar-refractivity contribution in [1.29, 1.82) is 0 Å². The van der Waals surface area contributed by atoms with Gasteiger partial charge >= 0.3 is 0 Å². The van der Waals surface area contributed by atoms with Crippen LogP contribution in [0.5, 0.6) is 5.75 Å². The van der Waals surface area contributed by atoms with Gasteiger partial charge in [-0.2, -0.15) is 0 Å². The lowest BCUT2D eigenvalue weighted by atomic mass is 10.1. The van der Waals surface area contributed by atoms with Crippen LogP contribution < -0.4 is 14.8 Å². The smallest absolute Gasteiger partial charge is 0.263 e. The van der Waals surface area contributed by atoms with E-state index < -0.39 is 15.9 Å². The third kappa shape index (κ3) is 5.31. The van der Waals surface area contributed by atoms with Gasteiger partial charge < -0.3 is 10.1 Å². The van der Waals surface area contributed by atoms with Crippen LogP contribution in [0.15, 0.2) is 59.5 Å². The van der Waals surface area contributed by atoms with E-state index in [1.54, 1.807) is 31.2 Å². The first-order chi connectivity index (χ1) is 14.6. The Morgan fingerprint density at radius 2 is 1.68 bits per heavy atom. The average Bonchev–Trinajstić information content (AvgIpc) is 2.70. The molecule has 0 spiro atoms. The van der Waals surface area contributed by atoms with Gasteiger partial charge in [0.2, 0.25) is 0 Å². The molecule has 0 aromatic heterocycles. The number of nitrogens with one attached hydrogen (secondary N) is 2. The normalized spacial score (nSPS) is 11.1. The highest BCUT2D eigenvalue weighted by molar-refractivity contribution is 7.92. The zero-order chi connectivity index (χ0) is 22.8. The monoisotopic (exact) mass is 478 g/mol. The summed E-state index contributed by atoms with van der Waals surface area (Å²) in [4.78, 5) is 12.6. The Kier molecular flexibility index (Phi) is 6.79. The number of methoxy groups -OCH3 is 1. The van der Waals surface area contributed by atoms with Crippen molar-refractivity contribution in [3.05, 3.63) is 81.3 Å². The van der Waals surface area contributed by atoms with Crippen LogP contribution in [-0.2, 0) is 10.0 Å². The molecule has 2 N–H and O–H groups in total. The standard InChI is InChI=1S/C22H20Cl2N2O4S/c1-13-4-8-18(14(2)10-13)26-31(28,29)21-11-15(5-7-17(21)24)22(27)25-19-12-16(23)6-9-20(19)30-3/h4-12,26H,1-3H3,(H,25,27). The molecule has 31 heavy (non-hydrogen) atoms. The van der Waals surface area contributed by atoms with Crippen molar-refractivity contribution >= 4 is 50.5 Å². The van der Waals surface area contributed by atoms with Crippen LogP contribution in [0, 0.1) is 13.8 Å². The van der Waals surface area contributed by atoms with E-state index in [4.69, 9.17) is 27.9 Å². The molecule has 0 aliphatic heterocycles. The van der Waals surface area contributed by atoms with Gasteiger partial charge in [0.05, 0.1) is 23.5 Å². The van der Waals surface area contributed by atoms with Crippen LogP contribution in [0.4, 0.5) is 11.4 Å². The Hall–Kier alpha value is -2.74. The number of benzene rings is 3. The van der Waals surface area contributed by atoms with E-state index in [1.165, 1.54) is 31.4 Å². The number of halogens is 2. The Morgan fingerprint density at radius 3 is 2.35 bits per heavy atom. The van der Waals surface area contributed by atoms with Crippen molar-refractivity contribution in [2.75, 3.05) is 17.1 Å². The van der Waals surface area contributed by atoms with E-state index in [9.17, 15) is 13.2 Å². The summed E-state index contributed by atoms with van der Waals surface area (Å²) in [6, 6.07) is 14.1. The zero-order valence-electron chi connectivity index (χ0n) is 17.0. The molecule has 0 heterocycles. The number of sulfonamides is 1. The van der Waals surface area contributed by atoms with Gasteiger partial charge in [0, 0.05) is 10.6 Å². The number of hydrogen-bond donors (Lipinski definition) is 2. The van der Waals surface area contributed by atoms with Gasteiger partial charge in [-0.1, -0.05) is 40.9 Å². The van der Waals surface area contributed by atoms with E-state index >= 15 is 0 Å². The van der Waals surface area contributed by atoms with Crippen molar-refractivity contribution in [2.45, 2.75) is 18.7 Å². The fraction of sp³-hybridized carbons (Fsp3) is 0.136. The predicted octanol–water partition coefficient (Wildman–Crippen LogP) is 5.67. The van der Waals surface area contributed by atoms with Crippen molar-refractivity contribution < 1.29 is 17.9 Å². The van der Waals surface area contributed by atoms with Crippen molar-refractivity contribution in [3.8, 4) is 5.75 Å². The summed E-state index contributed by atoms with van der Waals surface area (Å²) in [5.74, 6) is -0.128. The first kappa shape index (κ1) is 22.9. The van der Waals surface area contributed by atoms with Gasteiger partial charge in [-0.3, -0.25) is 9.52 Å². The minimum absolute atomic E-state index is 0.00542. The van der Waals surface area contributed by atoms with Gasteiger partial charge in [-0.05, 0) is 61.9 Å². The summed E-state index contributed by atoms with van der Waals surface area (Å²) < 4.78 is 33.7. The van der Waals surface area contributed by atoms with Gasteiger partial charge in [-0.25, -0.2) is 8.42 Å². The molecule has 3 aromatic rings. The number of aryl methyl sites for hydroxylation is 2. The maximum atomic E-state index is 13.0. The van der Waals surface area contributed by atoms with Crippen LogP contribution in [0.2, 0.25) is 10.0 Å². The van der Waals surface area contributed by atoms with E-state index in [0.717, 1.165) is 11.1 Å². The molecule has 0 bridgehead atoms. The van der Waals surface area contributed by atoms with Gasteiger partial charge in [0.25, 0.3) is 15.9 Å². The summed E-state index contributed by atoms with van der Waals surface area (Å²) in [6.45, 7) is 3.72. The van der Waals surface area contributed by atoms with E-state index in [-0.39, 0.29) is 15.5 Å². The highest BCUT2D eigenvalue weighted by Gasteiger charge is 2.21. The molecule has 9 heteroatoms. The van der Waals surface area contributed by atoms with Gasteiger partial charge in [0.15, 0.2) is 0 Å². The number of rotatable bonds is 6. The predicted molar refractivity (Wildman–Crippen MR) is 124 cm³/mol. The average molecular weight is 479 g/mol. The molecule has 3 rings (SSSR count). The van der Waals surface area contributed by atoms with Crippen molar-refractivity contribution in [3.63, 3.8) is 0 Å². The largest absolute Gasteiger partial charge is 0.495 e. The molecule has 0 radical (unpaired) electrons. The molecule has 1 amide bonds. The molecule has 0 aliphatic rings. The third-order valence-electron chi connectivity index (χ3n) is 4.52. The van der Waals surface area contributed by atoms with E-state index in [0.29, 0.717) is 22.1 Å². The highest BCUT2D eigenvalue weighted by Crippen LogP contribution is 2.30. The molecule has 0 fully saturated rings. The Morgan fingerprint density at radius 1 is 0.935 bits per heavy atom. The molecule has 0 atom stereocenters. The zero-order valence-corrected chi connectivity index (χ0v) is 19.3. The molecule has 0 saturated carbocycles. The first-order valence-corrected chi connectivity index (χ1v) is 11.4. The van der Waals surface area contributed by atoms with Crippen LogP contribution in [0.3, 0.4) is 0 Å². The SMILES string of the molecule is COc1ccc(Cl)cc1NC(=O)c1ccc(Cl)c(S(=O)(=O)Nc2ccc(C)cc2C)c1. The number of carbonyl (C=O) groups is 1. The minimum atomic E-state index is -4.04. The number of hydrogen-bond acceptors (Lipinski definition) is 4. The molecule has 3 aromatic carbocycles. The summed E-state index contributed by atoms with van der Waals surface area (Å²) in [6.07, 6.45) is 0. The Labute approximate surface area is 191 Å². The van der Waals surface area contributed by atoms with Crippen LogP contribution in [0.1, 0.15) is 21.5 Å². The summed E-state index contributed by atoms with van der Waals surface area (Å²) in [7, 11) is -2.57. The fourth-order valence-corrected chi connectivity index (χ4v) is 4.78. The summed E-state index contributed by atoms with van der Waals surface area (Å²) >= 11 is 12.2. The maximum absolute atomic E-state index is 13.0. The fourth-order valence-electron chi connectivity index (χ4n) is 2.95. The van der Waals surface area contributed by atoms with Gasteiger partial charge in [-0.15, -0.1) is 0 Å². The topological polar surface area (TPSA) is 84.5 Å². The Bertz CT molecular complexity index is 1260. The molecule has 0 unspecified atom stereocenters. The van der Waals surface area contributed by atoms with E-state index in [1.807, 2.05) is 13.0 Å². The molecular formula is C22H20Cl2N2O4S. The number of carbonyl (C=O) groups excluding carboxylic acids is 1. The second-order valence-electron chi connectivity index (χ2n) is 6.87.